The lowest BCUT2D eigenvalue weighted by atomic mass is 9.66. The molecule has 2 rings (SSSR count). The Morgan fingerprint density at radius 1 is 0.926 bits per heavy atom. The van der Waals surface area contributed by atoms with Gasteiger partial charge >= 0.3 is 0 Å². The van der Waals surface area contributed by atoms with Crippen LogP contribution in [0.15, 0.2) is 22.3 Å². The molecule has 0 heterocycles. The van der Waals surface area contributed by atoms with E-state index in [0.29, 0.717) is 11.5 Å². The molecule has 27 heavy (non-hydrogen) atoms. The van der Waals surface area contributed by atoms with Crippen molar-refractivity contribution in [1.82, 2.24) is 5.73 Å². The van der Waals surface area contributed by atoms with Crippen LogP contribution in [0.4, 0.5) is 0 Å². The lowest BCUT2D eigenvalue weighted by Gasteiger charge is -2.44. The van der Waals surface area contributed by atoms with Crippen LogP contribution < -0.4 is 5.73 Å². The highest BCUT2D eigenvalue weighted by Crippen LogP contribution is 2.56. The predicted molar refractivity (Wildman–Crippen MR) is 120 cm³/mol. The Labute approximate surface area is 169 Å². The summed E-state index contributed by atoms with van der Waals surface area (Å²) in [6.07, 6.45) is 12.2. The van der Waals surface area contributed by atoms with E-state index < -0.39 is 14.2 Å². The highest BCUT2D eigenvalue weighted by molar-refractivity contribution is 6.58. The molecule has 0 aromatic rings. The maximum Gasteiger partial charge on any atom is 0.248 e. The molecule has 1 N–H and O–H groups in total. The number of hydrogen-bond acceptors (Lipinski definition) is 1. The topological polar surface area (TPSA) is 40.9 Å². The fourth-order valence-corrected chi connectivity index (χ4v) is 8.52. The molecule has 0 saturated heterocycles. The molecule has 153 valence electrons. The molecule has 0 bridgehead atoms. The van der Waals surface area contributed by atoms with E-state index in [0.717, 1.165) is 19.3 Å². The van der Waals surface area contributed by atoms with Gasteiger partial charge in [0.1, 0.15) is 0 Å². The van der Waals surface area contributed by atoms with Gasteiger partial charge < -0.3 is 0 Å². The number of amides is 1. The molecule has 1 amide bonds. The summed E-state index contributed by atoms with van der Waals surface area (Å²) in [4.78, 5) is 13.2. The molecule has 2 nitrogen and oxygen atoms in total. The molecule has 3 heteroatoms. The van der Waals surface area contributed by atoms with Crippen molar-refractivity contribution in [2.24, 2.45) is 11.3 Å². The van der Waals surface area contributed by atoms with Gasteiger partial charge in [0.15, 0.2) is 0 Å². The average Bonchev–Trinajstić information content (AvgIpc) is 2.79. The molecule has 3 atom stereocenters. The summed E-state index contributed by atoms with van der Waals surface area (Å²) in [5.41, 5.74) is 13.9. The molecule has 0 aliphatic heterocycles. The number of carbonyl (C=O) groups excluding carboxylic acids is 1. The van der Waals surface area contributed by atoms with E-state index in [9.17, 15) is 4.79 Å². The van der Waals surface area contributed by atoms with Crippen LogP contribution >= 0.6 is 0 Å². The lowest BCUT2D eigenvalue weighted by molar-refractivity contribution is -0.127. The first kappa shape index (κ1) is 22.5. The van der Waals surface area contributed by atoms with E-state index in [1.165, 1.54) is 67.2 Å². The van der Waals surface area contributed by atoms with Gasteiger partial charge in [-0.2, -0.15) is 0 Å². The van der Waals surface area contributed by atoms with E-state index in [-0.39, 0.29) is 5.91 Å². The van der Waals surface area contributed by atoms with Crippen molar-refractivity contribution in [3.05, 3.63) is 22.3 Å². The minimum absolute atomic E-state index is 0.283. The maximum atomic E-state index is 13.2. The van der Waals surface area contributed by atoms with Gasteiger partial charge in [-0.3, -0.25) is 10.5 Å². The first-order valence-electron chi connectivity index (χ1n) is 11.4. The molecule has 0 spiro atoms. The Balaban J connectivity index is 2.55. The van der Waals surface area contributed by atoms with Crippen LogP contribution in [0, 0.1) is 11.3 Å². The number of hydrogen-bond donors (Lipinski definition) is 0. The minimum atomic E-state index is -1.09. The Morgan fingerprint density at radius 2 is 1.44 bits per heavy atom. The van der Waals surface area contributed by atoms with Gasteiger partial charge in [0.2, 0.25) is 5.91 Å². The normalized spacial score (nSPS) is 31.8. The zero-order chi connectivity index (χ0) is 20.2. The second kappa shape index (κ2) is 9.58. The summed E-state index contributed by atoms with van der Waals surface area (Å²) in [6, 6.07) is 0. The van der Waals surface area contributed by atoms with Crippen LogP contribution in [0.3, 0.4) is 0 Å². The SMILES string of the molecule is CC1=C(C)C(C)C(C2(C([NH])=O)CCCCCCCCCCC2[SiH](C)C)=C1C. The predicted octanol–water partition coefficient (Wildman–Crippen LogP) is 6.86. The smallest absolute Gasteiger partial charge is 0.248 e. The fraction of sp³-hybridized carbons (Fsp3) is 0.792. The standard InChI is InChI=1S/C24H42NOSi/c1-17-18(2)20(4)22(19(17)3)24(23(25)26)16-14-12-10-8-7-9-11-13-15-21(24)27(5)6/h19,21,25,27H,7-16H2,1-6H3. The van der Waals surface area contributed by atoms with Crippen LogP contribution in [0.2, 0.25) is 18.6 Å². The van der Waals surface area contributed by atoms with Crippen molar-refractivity contribution in [1.29, 1.82) is 0 Å². The van der Waals surface area contributed by atoms with Crippen LogP contribution in [-0.4, -0.2) is 14.7 Å². The van der Waals surface area contributed by atoms with Crippen molar-refractivity contribution in [2.45, 2.75) is 111 Å². The van der Waals surface area contributed by atoms with Crippen LogP contribution in [-0.2, 0) is 4.79 Å². The third-order valence-electron chi connectivity index (χ3n) is 7.80. The Bertz CT molecular complexity index is 604. The van der Waals surface area contributed by atoms with Crippen molar-refractivity contribution >= 4 is 14.7 Å². The fourth-order valence-electron chi connectivity index (χ4n) is 5.99. The maximum absolute atomic E-state index is 13.2. The van der Waals surface area contributed by atoms with E-state index in [1.54, 1.807) is 0 Å². The van der Waals surface area contributed by atoms with Crippen molar-refractivity contribution in [3.8, 4) is 0 Å². The second-order valence-electron chi connectivity index (χ2n) is 9.59. The van der Waals surface area contributed by atoms with Crippen molar-refractivity contribution in [2.75, 3.05) is 0 Å². The van der Waals surface area contributed by atoms with Crippen LogP contribution in [0.5, 0.6) is 0 Å². The second-order valence-corrected chi connectivity index (χ2v) is 12.9. The molecular formula is C24H42NOSi. The van der Waals surface area contributed by atoms with Gasteiger partial charge in [-0.25, -0.2) is 0 Å². The average molecular weight is 389 g/mol. The molecule has 1 saturated carbocycles. The summed E-state index contributed by atoms with van der Waals surface area (Å²) in [5, 5.41) is 0. The van der Waals surface area contributed by atoms with E-state index in [1.807, 2.05) is 0 Å². The first-order valence-corrected chi connectivity index (χ1v) is 14.4. The van der Waals surface area contributed by atoms with Gasteiger partial charge in [0.05, 0.1) is 5.41 Å². The molecule has 2 aliphatic rings. The Hall–Kier alpha value is -0.833. The summed E-state index contributed by atoms with van der Waals surface area (Å²) < 4.78 is 0. The van der Waals surface area contributed by atoms with E-state index >= 15 is 0 Å². The molecule has 0 aromatic carbocycles. The number of nitrogens with one attached hydrogen (secondary N) is 1. The van der Waals surface area contributed by atoms with Crippen LogP contribution in [0.25, 0.3) is 0 Å². The van der Waals surface area contributed by atoms with Gasteiger partial charge in [-0.1, -0.05) is 83.4 Å². The molecule has 1 radical (unpaired) electrons. The number of allylic oxidation sites excluding steroid dienone is 3. The molecular weight excluding hydrogens is 346 g/mol. The Morgan fingerprint density at radius 3 is 1.89 bits per heavy atom. The number of carbonyl (C=O) groups is 1. The summed E-state index contributed by atoms with van der Waals surface area (Å²) in [5.74, 6) is 0.0388. The summed E-state index contributed by atoms with van der Waals surface area (Å²) in [6.45, 7) is 13.8. The van der Waals surface area contributed by atoms with Gasteiger partial charge in [-0.15, -0.1) is 0 Å². The van der Waals surface area contributed by atoms with E-state index in [2.05, 4.69) is 40.8 Å². The zero-order valence-corrected chi connectivity index (χ0v) is 19.9. The van der Waals surface area contributed by atoms with Crippen molar-refractivity contribution < 1.29 is 4.79 Å². The largest absolute Gasteiger partial charge is 0.272 e. The number of rotatable bonds is 3. The highest BCUT2D eigenvalue weighted by atomic mass is 28.3. The third-order valence-corrected chi connectivity index (χ3v) is 10.3. The molecule has 0 aromatic heterocycles. The zero-order valence-electron chi connectivity index (χ0n) is 18.7. The third kappa shape index (κ3) is 4.44. The van der Waals surface area contributed by atoms with Gasteiger partial charge in [0.25, 0.3) is 0 Å². The van der Waals surface area contributed by atoms with Crippen LogP contribution in [0.1, 0.15) is 91.9 Å². The quantitative estimate of drug-likeness (QED) is 0.487. The molecule has 3 unspecified atom stereocenters. The first-order chi connectivity index (χ1) is 12.7. The van der Waals surface area contributed by atoms with Crippen molar-refractivity contribution in [3.63, 3.8) is 0 Å². The Kier molecular flexibility index (Phi) is 7.97. The minimum Gasteiger partial charge on any atom is -0.272 e. The van der Waals surface area contributed by atoms with Gasteiger partial charge in [-0.05, 0) is 55.4 Å². The summed E-state index contributed by atoms with van der Waals surface area (Å²) >= 11 is 0. The highest BCUT2D eigenvalue weighted by Gasteiger charge is 2.51. The van der Waals surface area contributed by atoms with Gasteiger partial charge in [0, 0.05) is 8.80 Å². The van der Waals surface area contributed by atoms with E-state index in [4.69, 9.17) is 5.73 Å². The molecule has 1 fully saturated rings. The lowest BCUT2D eigenvalue weighted by Crippen LogP contribution is -2.44. The summed E-state index contributed by atoms with van der Waals surface area (Å²) in [7, 11) is -1.09. The molecule has 2 aliphatic carbocycles. The monoisotopic (exact) mass is 388 g/mol.